The Morgan fingerprint density at radius 1 is 1.07 bits per heavy atom. The van der Waals surface area contributed by atoms with Gasteiger partial charge >= 0.3 is 0 Å². The van der Waals surface area contributed by atoms with Crippen LogP contribution in [0.3, 0.4) is 0 Å². The zero-order valence-corrected chi connectivity index (χ0v) is 9.00. The van der Waals surface area contributed by atoms with Gasteiger partial charge in [-0.1, -0.05) is 12.8 Å². The van der Waals surface area contributed by atoms with Gasteiger partial charge in [0.1, 0.15) is 0 Å². The third-order valence-corrected chi connectivity index (χ3v) is 3.51. The lowest BCUT2D eigenvalue weighted by Gasteiger charge is -2.43. The Balaban J connectivity index is 1.82. The lowest BCUT2D eigenvalue weighted by Crippen LogP contribution is -2.55. The summed E-state index contributed by atoms with van der Waals surface area (Å²) in [6.07, 6.45) is 5.54. The molecule has 2 fully saturated rings. The second-order valence-electron chi connectivity index (χ2n) is 4.89. The molecule has 0 aliphatic carbocycles. The molecule has 0 radical (unpaired) electrons. The van der Waals surface area contributed by atoms with E-state index >= 15 is 0 Å². The summed E-state index contributed by atoms with van der Waals surface area (Å²) in [5.41, 5.74) is 6.11. The van der Waals surface area contributed by atoms with E-state index in [1.165, 1.54) is 38.8 Å². The highest BCUT2D eigenvalue weighted by Gasteiger charge is 2.38. The molecule has 2 N–H and O–H groups in total. The molecule has 2 saturated heterocycles. The summed E-state index contributed by atoms with van der Waals surface area (Å²) in [5, 5.41) is 0. The molecule has 0 bridgehead atoms. The summed E-state index contributed by atoms with van der Waals surface area (Å²) in [6, 6.07) is 0. The van der Waals surface area contributed by atoms with Crippen LogP contribution in [-0.4, -0.2) is 44.3 Å². The minimum absolute atomic E-state index is 0.296. The molecule has 14 heavy (non-hydrogen) atoms. The van der Waals surface area contributed by atoms with E-state index in [-0.39, 0.29) is 0 Å². The minimum Gasteiger partial charge on any atom is -0.380 e. The fourth-order valence-electron chi connectivity index (χ4n) is 2.43. The molecular weight excluding hydrogens is 176 g/mol. The van der Waals surface area contributed by atoms with Crippen LogP contribution in [0.1, 0.15) is 25.7 Å². The molecule has 0 saturated carbocycles. The lowest BCUT2D eigenvalue weighted by atomic mass is 9.85. The van der Waals surface area contributed by atoms with E-state index in [0.717, 1.165) is 26.3 Å². The van der Waals surface area contributed by atoms with Crippen molar-refractivity contribution in [2.45, 2.75) is 25.7 Å². The van der Waals surface area contributed by atoms with Gasteiger partial charge < -0.3 is 15.4 Å². The summed E-state index contributed by atoms with van der Waals surface area (Å²) >= 11 is 0. The number of nitrogens with zero attached hydrogens (tertiary/aromatic N) is 1. The van der Waals surface area contributed by atoms with Crippen LogP contribution in [0.5, 0.6) is 0 Å². The van der Waals surface area contributed by atoms with E-state index in [1.807, 2.05) is 0 Å². The quantitative estimate of drug-likeness (QED) is 0.730. The van der Waals surface area contributed by atoms with Crippen molar-refractivity contribution >= 4 is 0 Å². The SMILES string of the molecule is NCC1(CN2CCCCCC2)COC1. The molecule has 0 aromatic heterocycles. The zero-order chi connectivity index (χ0) is 9.86. The Morgan fingerprint density at radius 2 is 1.71 bits per heavy atom. The van der Waals surface area contributed by atoms with Crippen molar-refractivity contribution in [1.29, 1.82) is 0 Å². The van der Waals surface area contributed by atoms with E-state index in [4.69, 9.17) is 10.5 Å². The van der Waals surface area contributed by atoms with Gasteiger partial charge in [0.2, 0.25) is 0 Å². The van der Waals surface area contributed by atoms with Crippen LogP contribution >= 0.6 is 0 Å². The average molecular weight is 198 g/mol. The number of ether oxygens (including phenoxy) is 1. The Labute approximate surface area is 86.6 Å². The van der Waals surface area contributed by atoms with Crippen LogP contribution in [0.2, 0.25) is 0 Å². The monoisotopic (exact) mass is 198 g/mol. The minimum atomic E-state index is 0.296. The fraction of sp³-hybridized carbons (Fsp3) is 1.00. The second-order valence-corrected chi connectivity index (χ2v) is 4.89. The summed E-state index contributed by atoms with van der Waals surface area (Å²) in [7, 11) is 0. The Morgan fingerprint density at radius 3 is 2.14 bits per heavy atom. The van der Waals surface area contributed by atoms with Crippen molar-refractivity contribution in [3.63, 3.8) is 0 Å². The van der Waals surface area contributed by atoms with Crippen molar-refractivity contribution in [2.24, 2.45) is 11.1 Å². The molecule has 2 rings (SSSR count). The van der Waals surface area contributed by atoms with Crippen molar-refractivity contribution in [1.82, 2.24) is 4.90 Å². The number of hydrogen-bond acceptors (Lipinski definition) is 3. The standard InChI is InChI=1S/C11H22N2O/c12-7-11(9-14-10-11)8-13-5-3-1-2-4-6-13/h1-10,12H2. The van der Waals surface area contributed by atoms with Gasteiger partial charge in [-0.2, -0.15) is 0 Å². The van der Waals surface area contributed by atoms with Gasteiger partial charge in [-0.05, 0) is 25.9 Å². The first kappa shape index (κ1) is 10.4. The highest BCUT2D eigenvalue weighted by atomic mass is 16.5. The summed E-state index contributed by atoms with van der Waals surface area (Å²) in [5.74, 6) is 0. The van der Waals surface area contributed by atoms with E-state index in [2.05, 4.69) is 4.90 Å². The summed E-state index contributed by atoms with van der Waals surface area (Å²) in [4.78, 5) is 2.59. The van der Waals surface area contributed by atoms with E-state index in [0.29, 0.717) is 5.41 Å². The van der Waals surface area contributed by atoms with Gasteiger partial charge in [-0.3, -0.25) is 0 Å². The van der Waals surface area contributed by atoms with Crippen LogP contribution in [0.25, 0.3) is 0 Å². The van der Waals surface area contributed by atoms with E-state index < -0.39 is 0 Å². The number of nitrogens with two attached hydrogens (primary N) is 1. The van der Waals surface area contributed by atoms with Crippen LogP contribution in [-0.2, 0) is 4.74 Å². The number of likely N-dealkylation sites (tertiary alicyclic amines) is 1. The Kier molecular flexibility index (Phi) is 3.42. The maximum absolute atomic E-state index is 5.82. The van der Waals surface area contributed by atoms with Crippen LogP contribution < -0.4 is 5.73 Å². The van der Waals surface area contributed by atoms with Gasteiger partial charge in [-0.25, -0.2) is 0 Å². The smallest absolute Gasteiger partial charge is 0.0569 e. The first-order valence-corrected chi connectivity index (χ1v) is 5.85. The van der Waals surface area contributed by atoms with Gasteiger partial charge in [0.05, 0.1) is 13.2 Å². The molecule has 0 aromatic rings. The third kappa shape index (κ3) is 2.27. The van der Waals surface area contributed by atoms with Gasteiger partial charge in [-0.15, -0.1) is 0 Å². The van der Waals surface area contributed by atoms with E-state index in [1.54, 1.807) is 0 Å². The fourth-order valence-corrected chi connectivity index (χ4v) is 2.43. The van der Waals surface area contributed by atoms with E-state index in [9.17, 15) is 0 Å². The largest absolute Gasteiger partial charge is 0.380 e. The topological polar surface area (TPSA) is 38.5 Å². The van der Waals surface area contributed by atoms with Crippen molar-refractivity contribution in [2.75, 3.05) is 39.4 Å². The highest BCUT2D eigenvalue weighted by Crippen LogP contribution is 2.28. The normalized spacial score (nSPS) is 28.1. The highest BCUT2D eigenvalue weighted by molar-refractivity contribution is 4.89. The number of rotatable bonds is 3. The third-order valence-electron chi connectivity index (χ3n) is 3.51. The molecule has 2 heterocycles. The Bertz CT molecular complexity index is 167. The first-order valence-electron chi connectivity index (χ1n) is 5.85. The molecule has 82 valence electrons. The predicted octanol–water partition coefficient (Wildman–Crippen LogP) is 0.838. The van der Waals surface area contributed by atoms with Gasteiger partial charge in [0.25, 0.3) is 0 Å². The molecule has 0 aromatic carbocycles. The molecular formula is C11H22N2O. The first-order chi connectivity index (χ1) is 6.85. The molecule has 3 heteroatoms. The summed E-state index contributed by atoms with van der Waals surface area (Å²) in [6.45, 7) is 6.22. The molecule has 0 spiro atoms. The maximum Gasteiger partial charge on any atom is 0.0569 e. The molecule has 2 aliphatic rings. The molecule has 0 unspecified atom stereocenters. The molecule has 0 atom stereocenters. The van der Waals surface area contributed by atoms with Gasteiger partial charge in [0.15, 0.2) is 0 Å². The lowest BCUT2D eigenvalue weighted by molar-refractivity contribution is -0.120. The Hall–Kier alpha value is -0.120. The van der Waals surface area contributed by atoms with Crippen molar-refractivity contribution < 1.29 is 4.74 Å². The average Bonchev–Trinajstić information content (AvgIpc) is 2.39. The molecule has 0 amide bonds. The van der Waals surface area contributed by atoms with Crippen LogP contribution in [0.4, 0.5) is 0 Å². The predicted molar refractivity (Wildman–Crippen MR) is 57.2 cm³/mol. The maximum atomic E-state index is 5.82. The van der Waals surface area contributed by atoms with Crippen LogP contribution in [0, 0.1) is 5.41 Å². The number of hydrogen-bond donors (Lipinski definition) is 1. The van der Waals surface area contributed by atoms with Crippen molar-refractivity contribution in [3.05, 3.63) is 0 Å². The van der Waals surface area contributed by atoms with Crippen molar-refractivity contribution in [3.8, 4) is 0 Å². The molecule has 3 nitrogen and oxygen atoms in total. The van der Waals surface area contributed by atoms with Crippen LogP contribution in [0.15, 0.2) is 0 Å². The zero-order valence-electron chi connectivity index (χ0n) is 9.00. The second kappa shape index (κ2) is 4.60. The summed E-state index contributed by atoms with van der Waals surface area (Å²) < 4.78 is 5.30. The molecule has 2 aliphatic heterocycles. The van der Waals surface area contributed by atoms with Gasteiger partial charge in [0, 0.05) is 18.5 Å².